The Hall–Kier alpha value is -3.20. The molecule has 0 bridgehead atoms. The molecule has 2 aromatic rings. The van der Waals surface area contributed by atoms with Gasteiger partial charge in [-0.25, -0.2) is 4.98 Å². The number of nitrogens with zero attached hydrogens (tertiary/aromatic N) is 3. The summed E-state index contributed by atoms with van der Waals surface area (Å²) in [6, 6.07) is 5.74. The van der Waals surface area contributed by atoms with Gasteiger partial charge in [0.05, 0.1) is 19.5 Å². The van der Waals surface area contributed by atoms with E-state index in [0.717, 1.165) is 24.0 Å². The minimum absolute atomic E-state index is 0.0150. The average Bonchev–Trinajstić information content (AvgIpc) is 3.48. The fraction of sp³-hybridized carbons (Fsp3) is 0.478. The lowest BCUT2D eigenvalue weighted by Gasteiger charge is -2.44. The number of hydrogen-bond donors (Lipinski definition) is 2. The van der Waals surface area contributed by atoms with Gasteiger partial charge in [0.2, 0.25) is 5.91 Å². The van der Waals surface area contributed by atoms with Gasteiger partial charge in [0.15, 0.2) is 5.69 Å². The minimum atomic E-state index is -1.07. The van der Waals surface area contributed by atoms with Gasteiger partial charge in [0, 0.05) is 25.4 Å². The van der Waals surface area contributed by atoms with Crippen LogP contribution in [0.3, 0.4) is 0 Å². The first kappa shape index (κ1) is 22.0. The van der Waals surface area contributed by atoms with Crippen molar-refractivity contribution < 1.29 is 19.1 Å². The van der Waals surface area contributed by atoms with Crippen molar-refractivity contribution in [2.24, 2.45) is 0 Å². The Morgan fingerprint density at radius 2 is 1.94 bits per heavy atom. The molecule has 9 nitrogen and oxygen atoms in total. The molecule has 1 saturated carbocycles. The second kappa shape index (κ2) is 8.38. The molecule has 0 radical (unpaired) electrons. The smallest absolute Gasteiger partial charge is 0.276 e. The zero-order chi connectivity index (χ0) is 23.0. The number of aromatic nitrogens is 2. The highest BCUT2D eigenvalue weighted by molar-refractivity contribution is 6.12. The highest BCUT2D eigenvalue weighted by Crippen LogP contribution is 2.39. The number of rotatable bonds is 7. The van der Waals surface area contributed by atoms with Gasteiger partial charge in [0.1, 0.15) is 11.2 Å². The maximum atomic E-state index is 13.6. The molecule has 0 spiro atoms. The summed E-state index contributed by atoms with van der Waals surface area (Å²) in [6.45, 7) is 6.57. The van der Waals surface area contributed by atoms with Gasteiger partial charge in [-0.1, -0.05) is 18.2 Å². The number of fused-ring (bicyclic) bond motifs is 1. The van der Waals surface area contributed by atoms with E-state index in [-0.39, 0.29) is 35.8 Å². The van der Waals surface area contributed by atoms with Crippen LogP contribution in [0, 0.1) is 13.8 Å². The van der Waals surface area contributed by atoms with Gasteiger partial charge in [-0.15, -0.1) is 0 Å². The van der Waals surface area contributed by atoms with Crippen molar-refractivity contribution in [1.82, 2.24) is 19.8 Å². The normalized spacial score (nSPS) is 20.1. The van der Waals surface area contributed by atoms with Crippen LogP contribution >= 0.6 is 0 Å². The first-order chi connectivity index (χ1) is 15.3. The Kier molecular flexibility index (Phi) is 5.77. The van der Waals surface area contributed by atoms with Gasteiger partial charge < -0.3 is 24.8 Å². The molecule has 1 aliphatic carbocycles. The van der Waals surface area contributed by atoms with E-state index in [1.165, 1.54) is 6.33 Å². The summed E-state index contributed by atoms with van der Waals surface area (Å²) < 4.78 is 6.64. The number of anilines is 1. The van der Waals surface area contributed by atoms with Gasteiger partial charge >= 0.3 is 0 Å². The van der Waals surface area contributed by atoms with Crippen LogP contribution in [-0.2, 0) is 16.1 Å². The van der Waals surface area contributed by atoms with Crippen molar-refractivity contribution in [2.75, 3.05) is 25.6 Å². The summed E-state index contributed by atoms with van der Waals surface area (Å²) in [6.07, 6.45) is 3.15. The predicted octanol–water partition coefficient (Wildman–Crippen LogP) is 1.89. The number of nitrogens with one attached hydrogen (secondary N) is 2. The van der Waals surface area contributed by atoms with Crippen LogP contribution in [0.5, 0.6) is 0 Å². The molecule has 32 heavy (non-hydrogen) atoms. The van der Waals surface area contributed by atoms with E-state index in [4.69, 9.17) is 4.74 Å². The van der Waals surface area contributed by atoms with E-state index in [0.29, 0.717) is 18.8 Å². The zero-order valence-corrected chi connectivity index (χ0v) is 18.9. The van der Waals surface area contributed by atoms with E-state index >= 15 is 0 Å². The van der Waals surface area contributed by atoms with Crippen LogP contribution in [0.1, 0.15) is 51.9 Å². The number of aryl methyl sites for hydroxylation is 2. The highest BCUT2D eigenvalue weighted by Gasteiger charge is 2.53. The lowest BCUT2D eigenvalue weighted by atomic mass is 9.94. The first-order valence-corrected chi connectivity index (χ1v) is 10.8. The largest absolute Gasteiger partial charge is 0.383 e. The second-order valence-corrected chi connectivity index (χ2v) is 8.72. The summed E-state index contributed by atoms with van der Waals surface area (Å²) in [7, 11) is 1.57. The standard InChI is InChI=1S/C23H29N5O4/c1-14-6-5-7-15(2)17(14)26-20(29)18-19-21(30)28(16-8-9-16)23(3,12-27(19)13-25-18)22(31)24-10-11-32-4/h5-7,13,16H,8-12H2,1-4H3,(H,24,31)(H,26,29). The van der Waals surface area contributed by atoms with Gasteiger partial charge in [-0.3, -0.25) is 14.4 Å². The van der Waals surface area contributed by atoms with E-state index < -0.39 is 11.4 Å². The van der Waals surface area contributed by atoms with E-state index in [1.54, 1.807) is 23.5 Å². The summed E-state index contributed by atoms with van der Waals surface area (Å²) in [5.74, 6) is -1.02. The summed E-state index contributed by atoms with van der Waals surface area (Å²) in [4.78, 5) is 45.7. The van der Waals surface area contributed by atoms with Crippen LogP contribution in [0.2, 0.25) is 0 Å². The van der Waals surface area contributed by atoms with Crippen LogP contribution < -0.4 is 10.6 Å². The number of methoxy groups -OCH3 is 1. The molecule has 1 aliphatic heterocycles. The van der Waals surface area contributed by atoms with Crippen molar-refractivity contribution in [3.63, 3.8) is 0 Å². The number of ether oxygens (including phenoxy) is 1. The fourth-order valence-electron chi connectivity index (χ4n) is 4.36. The van der Waals surface area contributed by atoms with E-state index in [9.17, 15) is 14.4 Å². The maximum absolute atomic E-state index is 13.6. The molecule has 2 aliphatic rings. The molecule has 1 fully saturated rings. The predicted molar refractivity (Wildman–Crippen MR) is 119 cm³/mol. The Morgan fingerprint density at radius 1 is 1.25 bits per heavy atom. The zero-order valence-electron chi connectivity index (χ0n) is 18.9. The number of para-hydroxylation sites is 1. The maximum Gasteiger partial charge on any atom is 0.276 e. The van der Waals surface area contributed by atoms with Crippen molar-refractivity contribution >= 4 is 23.4 Å². The number of carbonyl (C=O) groups excluding carboxylic acids is 3. The van der Waals surface area contributed by atoms with Gasteiger partial charge in [-0.2, -0.15) is 0 Å². The molecule has 1 unspecified atom stereocenters. The van der Waals surface area contributed by atoms with Gasteiger partial charge in [0.25, 0.3) is 11.8 Å². The molecular weight excluding hydrogens is 410 g/mol. The summed E-state index contributed by atoms with van der Waals surface area (Å²) in [5, 5.41) is 5.77. The average molecular weight is 440 g/mol. The third-order valence-corrected chi connectivity index (χ3v) is 6.20. The van der Waals surface area contributed by atoms with Crippen LogP contribution in [0.4, 0.5) is 5.69 Å². The molecule has 0 saturated heterocycles. The van der Waals surface area contributed by atoms with Crippen molar-refractivity contribution in [1.29, 1.82) is 0 Å². The third kappa shape index (κ3) is 3.77. The number of hydrogen-bond acceptors (Lipinski definition) is 5. The lowest BCUT2D eigenvalue weighted by Crippen LogP contribution is -2.65. The number of amides is 3. The van der Waals surface area contributed by atoms with Crippen molar-refractivity contribution in [3.8, 4) is 0 Å². The minimum Gasteiger partial charge on any atom is -0.383 e. The highest BCUT2D eigenvalue weighted by atomic mass is 16.5. The molecule has 2 heterocycles. The first-order valence-electron chi connectivity index (χ1n) is 10.8. The monoisotopic (exact) mass is 439 g/mol. The Morgan fingerprint density at radius 3 is 2.56 bits per heavy atom. The lowest BCUT2D eigenvalue weighted by molar-refractivity contribution is -0.133. The van der Waals surface area contributed by atoms with Crippen LogP contribution in [0.25, 0.3) is 0 Å². The van der Waals surface area contributed by atoms with Crippen molar-refractivity contribution in [3.05, 3.63) is 47.0 Å². The van der Waals surface area contributed by atoms with E-state index in [1.807, 2.05) is 32.0 Å². The molecule has 1 aromatic heterocycles. The molecule has 2 N–H and O–H groups in total. The van der Waals surface area contributed by atoms with Crippen LogP contribution in [-0.4, -0.2) is 64.0 Å². The second-order valence-electron chi connectivity index (χ2n) is 8.72. The number of imidazole rings is 1. The third-order valence-electron chi connectivity index (χ3n) is 6.20. The Balaban J connectivity index is 1.65. The molecule has 3 amide bonds. The fourth-order valence-corrected chi connectivity index (χ4v) is 4.36. The molecule has 4 rings (SSSR count). The van der Waals surface area contributed by atoms with Gasteiger partial charge in [-0.05, 0) is 44.7 Å². The topological polar surface area (TPSA) is 106 Å². The molecular formula is C23H29N5O4. The molecule has 170 valence electrons. The van der Waals surface area contributed by atoms with E-state index in [2.05, 4.69) is 15.6 Å². The molecule has 1 atom stereocenters. The quantitative estimate of drug-likeness (QED) is 0.641. The van der Waals surface area contributed by atoms with Crippen LogP contribution in [0.15, 0.2) is 24.5 Å². The van der Waals surface area contributed by atoms with Crippen molar-refractivity contribution in [2.45, 2.75) is 51.7 Å². The Labute approximate surface area is 187 Å². The number of carbonyl (C=O) groups is 3. The summed E-state index contributed by atoms with van der Waals surface area (Å²) in [5.41, 5.74) is 1.80. The SMILES string of the molecule is COCCNC(=O)C1(C)Cn2cnc(C(=O)Nc3c(C)cccc3C)c2C(=O)N1C1CC1. The molecule has 9 heteroatoms. The number of benzene rings is 1. The summed E-state index contributed by atoms with van der Waals surface area (Å²) >= 11 is 0. The Bertz CT molecular complexity index is 1050. The molecule has 1 aromatic carbocycles.